The third-order valence-electron chi connectivity index (χ3n) is 2.90. The molecule has 3 nitrogen and oxygen atoms in total. The zero-order valence-corrected chi connectivity index (χ0v) is 10.5. The van der Waals surface area contributed by atoms with Crippen molar-refractivity contribution in [2.45, 2.75) is 6.42 Å². The van der Waals surface area contributed by atoms with Gasteiger partial charge in [0.2, 0.25) is 0 Å². The van der Waals surface area contributed by atoms with E-state index < -0.39 is 0 Å². The number of anilines is 1. The first-order valence-corrected chi connectivity index (χ1v) is 5.97. The second kappa shape index (κ2) is 5.56. The first kappa shape index (κ1) is 12.5. The van der Waals surface area contributed by atoms with Crippen LogP contribution in [0.2, 0.25) is 0 Å². The summed E-state index contributed by atoms with van der Waals surface area (Å²) < 4.78 is 5.38. The van der Waals surface area contributed by atoms with Crippen molar-refractivity contribution >= 4 is 5.69 Å². The van der Waals surface area contributed by atoms with Crippen LogP contribution in [0.15, 0.2) is 42.5 Å². The summed E-state index contributed by atoms with van der Waals surface area (Å²) in [6.07, 6.45) is 0.880. The maximum Gasteiger partial charge on any atom is 0.128 e. The van der Waals surface area contributed by atoms with Crippen LogP contribution in [0.4, 0.5) is 5.69 Å². The van der Waals surface area contributed by atoms with Gasteiger partial charge < -0.3 is 16.2 Å². The van der Waals surface area contributed by atoms with Crippen molar-refractivity contribution in [3.63, 3.8) is 0 Å². The Morgan fingerprint density at radius 1 is 1.11 bits per heavy atom. The highest BCUT2D eigenvalue weighted by atomic mass is 16.5. The second-order valence-corrected chi connectivity index (χ2v) is 4.20. The molecule has 4 N–H and O–H groups in total. The number of ether oxygens (including phenoxy) is 1. The number of nitrogen functional groups attached to an aromatic ring is 1. The summed E-state index contributed by atoms with van der Waals surface area (Å²) in [5.74, 6) is 0.792. The van der Waals surface area contributed by atoms with E-state index >= 15 is 0 Å². The highest BCUT2D eigenvalue weighted by molar-refractivity contribution is 5.73. The quantitative estimate of drug-likeness (QED) is 0.809. The zero-order valence-electron chi connectivity index (χ0n) is 10.5. The fourth-order valence-corrected chi connectivity index (χ4v) is 2.01. The van der Waals surface area contributed by atoms with E-state index in [2.05, 4.69) is 18.2 Å². The molecule has 2 aromatic rings. The molecule has 0 unspecified atom stereocenters. The van der Waals surface area contributed by atoms with E-state index in [1.54, 1.807) is 7.11 Å². The lowest BCUT2D eigenvalue weighted by Gasteiger charge is -2.10. The van der Waals surface area contributed by atoms with Gasteiger partial charge in [0.15, 0.2) is 0 Å². The molecule has 0 saturated carbocycles. The van der Waals surface area contributed by atoms with E-state index in [1.807, 2.05) is 24.3 Å². The van der Waals surface area contributed by atoms with Gasteiger partial charge in [0.05, 0.1) is 7.11 Å². The summed E-state index contributed by atoms with van der Waals surface area (Å²) in [6, 6.07) is 14.0. The van der Waals surface area contributed by atoms with Crippen LogP contribution in [-0.2, 0) is 6.42 Å². The molecule has 0 atom stereocenters. The Morgan fingerprint density at radius 3 is 2.67 bits per heavy atom. The second-order valence-electron chi connectivity index (χ2n) is 4.20. The molecule has 0 amide bonds. The largest absolute Gasteiger partial charge is 0.496 e. The predicted molar refractivity (Wildman–Crippen MR) is 75.6 cm³/mol. The predicted octanol–water partition coefficient (Wildman–Crippen LogP) is 2.45. The molecule has 0 aromatic heterocycles. The molecular formula is C15H18N2O. The molecule has 0 saturated heterocycles. The van der Waals surface area contributed by atoms with E-state index in [4.69, 9.17) is 16.2 Å². The molecule has 0 fully saturated rings. The minimum absolute atomic E-state index is 0.655. The molecule has 0 bridgehead atoms. The Hall–Kier alpha value is -2.00. The highest BCUT2D eigenvalue weighted by Gasteiger charge is 2.06. The number of rotatable bonds is 4. The Bertz CT molecular complexity index is 538. The Labute approximate surface area is 107 Å². The van der Waals surface area contributed by atoms with Crippen molar-refractivity contribution in [1.82, 2.24) is 0 Å². The Balaban J connectivity index is 2.44. The number of hydrogen-bond donors (Lipinski definition) is 2. The molecular weight excluding hydrogens is 224 g/mol. The smallest absolute Gasteiger partial charge is 0.128 e. The molecule has 0 heterocycles. The topological polar surface area (TPSA) is 61.3 Å². The molecule has 0 radical (unpaired) electrons. The number of benzene rings is 2. The van der Waals surface area contributed by atoms with Gasteiger partial charge in [-0.3, -0.25) is 0 Å². The van der Waals surface area contributed by atoms with Crippen LogP contribution in [0.25, 0.3) is 11.1 Å². The van der Waals surface area contributed by atoms with Crippen LogP contribution in [0, 0.1) is 0 Å². The van der Waals surface area contributed by atoms with Gasteiger partial charge in [-0.25, -0.2) is 0 Å². The van der Waals surface area contributed by atoms with Gasteiger partial charge in [0.25, 0.3) is 0 Å². The lowest BCUT2D eigenvalue weighted by atomic mass is 10.0. The zero-order chi connectivity index (χ0) is 13.0. The van der Waals surface area contributed by atoms with E-state index in [9.17, 15) is 0 Å². The maximum absolute atomic E-state index is 5.76. The first-order valence-electron chi connectivity index (χ1n) is 5.97. The Morgan fingerprint density at radius 2 is 1.94 bits per heavy atom. The van der Waals surface area contributed by atoms with Crippen molar-refractivity contribution in [2.24, 2.45) is 5.73 Å². The van der Waals surface area contributed by atoms with Crippen LogP contribution >= 0.6 is 0 Å². The molecule has 94 valence electrons. The van der Waals surface area contributed by atoms with E-state index in [1.165, 1.54) is 5.56 Å². The lowest BCUT2D eigenvalue weighted by Crippen LogP contribution is -2.02. The minimum atomic E-state index is 0.655. The van der Waals surface area contributed by atoms with Gasteiger partial charge in [-0.05, 0) is 36.2 Å². The van der Waals surface area contributed by atoms with Gasteiger partial charge in [-0.2, -0.15) is 0 Å². The minimum Gasteiger partial charge on any atom is -0.496 e. The third-order valence-corrected chi connectivity index (χ3v) is 2.90. The summed E-state index contributed by atoms with van der Waals surface area (Å²) in [5.41, 5.74) is 15.4. The highest BCUT2D eigenvalue weighted by Crippen LogP contribution is 2.32. The van der Waals surface area contributed by atoms with Crippen molar-refractivity contribution in [2.75, 3.05) is 19.4 Å². The molecule has 0 aliphatic heterocycles. The van der Waals surface area contributed by atoms with Gasteiger partial charge in [0.1, 0.15) is 5.75 Å². The van der Waals surface area contributed by atoms with Crippen LogP contribution in [0.5, 0.6) is 5.75 Å². The van der Waals surface area contributed by atoms with Gasteiger partial charge >= 0.3 is 0 Å². The normalized spacial score (nSPS) is 10.3. The molecule has 0 aliphatic carbocycles. The van der Waals surface area contributed by atoms with Crippen molar-refractivity contribution in [1.29, 1.82) is 0 Å². The fourth-order valence-electron chi connectivity index (χ4n) is 2.01. The number of methoxy groups -OCH3 is 1. The maximum atomic E-state index is 5.76. The van der Waals surface area contributed by atoms with Crippen LogP contribution in [-0.4, -0.2) is 13.7 Å². The van der Waals surface area contributed by atoms with E-state index in [0.717, 1.165) is 23.3 Å². The number of hydrogen-bond acceptors (Lipinski definition) is 3. The van der Waals surface area contributed by atoms with Gasteiger partial charge in [-0.1, -0.05) is 24.3 Å². The fraction of sp³-hybridized carbons (Fsp3) is 0.200. The van der Waals surface area contributed by atoms with Crippen molar-refractivity contribution < 1.29 is 4.74 Å². The van der Waals surface area contributed by atoms with Gasteiger partial charge in [-0.15, -0.1) is 0 Å². The summed E-state index contributed by atoms with van der Waals surface area (Å²) in [5, 5.41) is 0. The summed E-state index contributed by atoms with van der Waals surface area (Å²) in [7, 11) is 1.65. The number of nitrogens with two attached hydrogens (primary N) is 2. The SMILES string of the molecule is COc1cc(N)ccc1-c1cccc(CCN)c1. The monoisotopic (exact) mass is 242 g/mol. The molecule has 3 heteroatoms. The summed E-state index contributed by atoms with van der Waals surface area (Å²) in [4.78, 5) is 0. The standard InChI is InChI=1S/C15H18N2O/c1-18-15-10-13(17)5-6-14(15)12-4-2-3-11(9-12)7-8-16/h2-6,9-10H,7-8,16-17H2,1H3. The molecule has 0 spiro atoms. The first-order chi connectivity index (χ1) is 8.74. The molecule has 2 aromatic carbocycles. The molecule has 0 aliphatic rings. The van der Waals surface area contributed by atoms with Crippen LogP contribution in [0.3, 0.4) is 0 Å². The third kappa shape index (κ3) is 2.63. The van der Waals surface area contributed by atoms with Gasteiger partial charge in [0, 0.05) is 17.3 Å². The average Bonchev–Trinajstić information content (AvgIpc) is 2.39. The average molecular weight is 242 g/mol. The lowest BCUT2D eigenvalue weighted by molar-refractivity contribution is 0.416. The summed E-state index contributed by atoms with van der Waals surface area (Å²) >= 11 is 0. The van der Waals surface area contributed by atoms with Crippen LogP contribution < -0.4 is 16.2 Å². The van der Waals surface area contributed by atoms with Crippen molar-refractivity contribution in [3.8, 4) is 16.9 Å². The van der Waals surface area contributed by atoms with Crippen molar-refractivity contribution in [3.05, 3.63) is 48.0 Å². The Kier molecular flexibility index (Phi) is 3.85. The van der Waals surface area contributed by atoms with E-state index in [0.29, 0.717) is 12.2 Å². The molecule has 2 rings (SSSR count). The molecule has 18 heavy (non-hydrogen) atoms. The van der Waals surface area contributed by atoms with E-state index in [-0.39, 0.29) is 0 Å². The summed E-state index contributed by atoms with van der Waals surface area (Å²) in [6.45, 7) is 0.655. The van der Waals surface area contributed by atoms with Crippen LogP contribution in [0.1, 0.15) is 5.56 Å².